The fourth-order valence-electron chi connectivity index (χ4n) is 4.69. The van der Waals surface area contributed by atoms with E-state index in [-0.39, 0.29) is 12.0 Å². The number of morpholine rings is 1. The normalized spacial score (nSPS) is 39.1. The summed E-state index contributed by atoms with van der Waals surface area (Å²) in [7, 11) is 4.10. The molecule has 0 aromatic rings. The van der Waals surface area contributed by atoms with E-state index in [4.69, 9.17) is 10.5 Å². The lowest BCUT2D eigenvalue weighted by atomic mass is 9.65. The van der Waals surface area contributed by atoms with E-state index >= 15 is 0 Å². The van der Waals surface area contributed by atoms with Gasteiger partial charge in [0.15, 0.2) is 0 Å². The third-order valence-electron chi connectivity index (χ3n) is 5.78. The monoisotopic (exact) mass is 309 g/mol. The lowest BCUT2D eigenvalue weighted by Gasteiger charge is -2.45. The van der Waals surface area contributed by atoms with E-state index in [1.807, 2.05) is 14.1 Å². The summed E-state index contributed by atoms with van der Waals surface area (Å²) in [4.78, 5) is 17.1. The molecule has 3 rings (SSSR count). The first-order valence-electron chi connectivity index (χ1n) is 8.85. The highest BCUT2D eigenvalue weighted by atomic mass is 16.5. The molecule has 2 bridgehead atoms. The van der Waals surface area contributed by atoms with Crippen LogP contribution >= 0.6 is 0 Å². The highest BCUT2D eigenvalue weighted by Gasteiger charge is 2.42. The van der Waals surface area contributed by atoms with Crippen molar-refractivity contribution < 1.29 is 9.53 Å². The van der Waals surface area contributed by atoms with Gasteiger partial charge in [0.05, 0.1) is 12.7 Å². The van der Waals surface area contributed by atoms with Crippen LogP contribution in [0.15, 0.2) is 0 Å². The van der Waals surface area contributed by atoms with Gasteiger partial charge in [0.25, 0.3) is 0 Å². The third-order valence-corrected chi connectivity index (χ3v) is 5.78. The largest absolute Gasteiger partial charge is 0.373 e. The predicted octanol–water partition coefficient (Wildman–Crippen LogP) is 0.929. The average molecular weight is 309 g/mol. The van der Waals surface area contributed by atoms with Gasteiger partial charge in [-0.15, -0.1) is 0 Å². The van der Waals surface area contributed by atoms with Gasteiger partial charge in [-0.05, 0) is 51.6 Å². The number of amides is 1. The van der Waals surface area contributed by atoms with Crippen LogP contribution in [0.3, 0.4) is 0 Å². The van der Waals surface area contributed by atoms with Gasteiger partial charge in [0.2, 0.25) is 5.91 Å². The van der Waals surface area contributed by atoms with Gasteiger partial charge in [0.1, 0.15) is 0 Å². The van der Waals surface area contributed by atoms with Gasteiger partial charge in [-0.25, -0.2) is 0 Å². The molecule has 0 aromatic carbocycles. The second-order valence-corrected chi connectivity index (χ2v) is 7.74. The van der Waals surface area contributed by atoms with Gasteiger partial charge < -0.3 is 20.3 Å². The van der Waals surface area contributed by atoms with Crippen molar-refractivity contribution in [2.45, 2.75) is 44.2 Å². The van der Waals surface area contributed by atoms with E-state index in [9.17, 15) is 4.79 Å². The summed E-state index contributed by atoms with van der Waals surface area (Å²) in [5, 5.41) is 0. The van der Waals surface area contributed by atoms with Crippen LogP contribution in [0, 0.1) is 17.8 Å². The summed E-state index contributed by atoms with van der Waals surface area (Å²) in [5.41, 5.74) is 6.35. The molecule has 0 spiro atoms. The van der Waals surface area contributed by atoms with Crippen molar-refractivity contribution in [2.75, 3.05) is 40.3 Å². The van der Waals surface area contributed by atoms with Crippen LogP contribution in [0.5, 0.6) is 0 Å². The van der Waals surface area contributed by atoms with Crippen molar-refractivity contribution in [3.63, 3.8) is 0 Å². The van der Waals surface area contributed by atoms with E-state index in [0.717, 1.165) is 32.5 Å². The Morgan fingerprint density at radius 3 is 2.59 bits per heavy atom. The van der Waals surface area contributed by atoms with E-state index in [1.54, 1.807) is 0 Å². The first-order valence-corrected chi connectivity index (χ1v) is 8.85. The Morgan fingerprint density at radius 1 is 1.27 bits per heavy atom. The maximum Gasteiger partial charge on any atom is 0.225 e. The summed E-state index contributed by atoms with van der Waals surface area (Å²) in [6.07, 6.45) is 5.89. The second-order valence-electron chi connectivity index (χ2n) is 7.74. The highest BCUT2D eigenvalue weighted by Crippen LogP contribution is 2.42. The molecule has 3 unspecified atom stereocenters. The molecular formula is C17H31N3O2. The molecule has 5 heteroatoms. The van der Waals surface area contributed by atoms with Crippen molar-refractivity contribution in [1.29, 1.82) is 0 Å². The number of hydrogen-bond acceptors (Lipinski definition) is 4. The topological polar surface area (TPSA) is 58.8 Å². The number of nitrogens with two attached hydrogens (primary N) is 1. The molecular weight excluding hydrogens is 278 g/mol. The van der Waals surface area contributed by atoms with Gasteiger partial charge >= 0.3 is 0 Å². The smallest absolute Gasteiger partial charge is 0.225 e. The Bertz CT molecular complexity index is 387. The Kier molecular flexibility index (Phi) is 5.05. The van der Waals surface area contributed by atoms with Crippen LogP contribution in [-0.4, -0.2) is 68.2 Å². The number of hydrogen-bond donors (Lipinski definition) is 1. The van der Waals surface area contributed by atoms with Crippen molar-refractivity contribution >= 4 is 5.91 Å². The maximum absolute atomic E-state index is 12.9. The molecule has 2 aliphatic carbocycles. The number of rotatable bonds is 3. The molecule has 1 heterocycles. The Hall–Kier alpha value is -0.650. The van der Waals surface area contributed by atoms with Crippen LogP contribution < -0.4 is 5.73 Å². The standard InChI is InChI=1S/C17H31N3O2/c1-19(2)10-15-11-20(6-7-22-15)17(21)14-8-12-4-3-5-13(9-14)16(12)18/h12-16H,3-11,18H2,1-2H3. The molecule has 1 aliphatic heterocycles. The quantitative estimate of drug-likeness (QED) is 0.842. The Balaban J connectivity index is 1.59. The van der Waals surface area contributed by atoms with Crippen molar-refractivity contribution in [3.8, 4) is 0 Å². The van der Waals surface area contributed by atoms with Gasteiger partial charge in [-0.1, -0.05) is 6.42 Å². The summed E-state index contributed by atoms with van der Waals surface area (Å²) >= 11 is 0. The number of carbonyl (C=O) groups is 1. The molecule has 126 valence electrons. The zero-order valence-electron chi connectivity index (χ0n) is 14.0. The molecule has 1 amide bonds. The lowest BCUT2D eigenvalue weighted by molar-refractivity contribution is -0.146. The van der Waals surface area contributed by atoms with Crippen LogP contribution in [0.2, 0.25) is 0 Å². The van der Waals surface area contributed by atoms with E-state index in [2.05, 4.69) is 9.80 Å². The fourth-order valence-corrected chi connectivity index (χ4v) is 4.69. The minimum Gasteiger partial charge on any atom is -0.373 e. The molecule has 2 saturated carbocycles. The lowest BCUT2D eigenvalue weighted by Crippen LogP contribution is -2.53. The summed E-state index contributed by atoms with van der Waals surface area (Å²) < 4.78 is 5.79. The number of carbonyl (C=O) groups excluding carboxylic acids is 1. The van der Waals surface area contributed by atoms with Gasteiger partial charge in [0, 0.05) is 31.6 Å². The molecule has 0 radical (unpaired) electrons. The molecule has 3 aliphatic rings. The van der Waals surface area contributed by atoms with Gasteiger partial charge in [-0.3, -0.25) is 4.79 Å². The zero-order valence-corrected chi connectivity index (χ0v) is 14.0. The van der Waals surface area contributed by atoms with E-state index in [0.29, 0.717) is 30.4 Å². The van der Waals surface area contributed by atoms with Gasteiger partial charge in [-0.2, -0.15) is 0 Å². The number of nitrogens with zero attached hydrogens (tertiary/aromatic N) is 2. The summed E-state index contributed by atoms with van der Waals surface area (Å²) in [6.45, 7) is 3.05. The summed E-state index contributed by atoms with van der Waals surface area (Å²) in [6, 6.07) is 0.337. The highest BCUT2D eigenvalue weighted by molar-refractivity contribution is 5.79. The predicted molar refractivity (Wildman–Crippen MR) is 86.4 cm³/mol. The number of ether oxygens (including phenoxy) is 1. The second kappa shape index (κ2) is 6.85. The van der Waals surface area contributed by atoms with Crippen LogP contribution in [-0.2, 0) is 9.53 Å². The molecule has 3 fully saturated rings. The zero-order chi connectivity index (χ0) is 15.7. The third kappa shape index (κ3) is 3.47. The molecule has 22 heavy (non-hydrogen) atoms. The molecule has 1 saturated heterocycles. The SMILES string of the molecule is CN(C)CC1CN(C(=O)C2CC3CCCC(C2)C3N)CCO1. The van der Waals surface area contributed by atoms with Crippen LogP contribution in [0.25, 0.3) is 0 Å². The summed E-state index contributed by atoms with van der Waals surface area (Å²) in [5.74, 6) is 1.70. The van der Waals surface area contributed by atoms with Crippen LogP contribution in [0.1, 0.15) is 32.1 Å². The number of fused-ring (bicyclic) bond motifs is 2. The molecule has 3 atom stereocenters. The fraction of sp³-hybridized carbons (Fsp3) is 0.941. The average Bonchev–Trinajstić information content (AvgIpc) is 2.46. The van der Waals surface area contributed by atoms with Crippen molar-refractivity contribution in [3.05, 3.63) is 0 Å². The number of likely N-dealkylation sites (N-methyl/N-ethyl adjacent to an activating group) is 1. The minimum atomic E-state index is 0.151. The minimum absolute atomic E-state index is 0.151. The molecule has 0 aromatic heterocycles. The Labute approximate surface area is 134 Å². The van der Waals surface area contributed by atoms with E-state index < -0.39 is 0 Å². The van der Waals surface area contributed by atoms with Crippen molar-refractivity contribution in [2.24, 2.45) is 23.5 Å². The Morgan fingerprint density at radius 2 is 1.95 bits per heavy atom. The van der Waals surface area contributed by atoms with Crippen LogP contribution in [0.4, 0.5) is 0 Å². The van der Waals surface area contributed by atoms with Crippen molar-refractivity contribution in [1.82, 2.24) is 9.80 Å². The molecule has 5 nitrogen and oxygen atoms in total. The molecule has 2 N–H and O–H groups in total. The van der Waals surface area contributed by atoms with E-state index in [1.165, 1.54) is 19.3 Å². The first-order chi connectivity index (χ1) is 10.5. The first kappa shape index (κ1) is 16.2. The maximum atomic E-state index is 12.9.